The van der Waals surface area contributed by atoms with Gasteiger partial charge >= 0.3 is 0 Å². The van der Waals surface area contributed by atoms with E-state index in [1.165, 1.54) is 25.7 Å². The molecule has 0 amide bonds. The van der Waals surface area contributed by atoms with Crippen molar-refractivity contribution < 1.29 is 4.52 Å². The number of rotatable bonds is 3. The fourth-order valence-electron chi connectivity index (χ4n) is 3.89. The van der Waals surface area contributed by atoms with Crippen LogP contribution in [0.5, 0.6) is 0 Å². The third-order valence-corrected chi connectivity index (χ3v) is 5.00. The maximum atomic E-state index is 5.52. The van der Waals surface area contributed by atoms with Crippen molar-refractivity contribution in [1.82, 2.24) is 20.4 Å². The van der Waals surface area contributed by atoms with Crippen molar-refractivity contribution in [3.05, 3.63) is 11.7 Å². The van der Waals surface area contributed by atoms with Gasteiger partial charge in [-0.25, -0.2) is 0 Å². The van der Waals surface area contributed by atoms with Crippen molar-refractivity contribution in [2.45, 2.75) is 38.1 Å². The molecule has 1 aliphatic heterocycles. The van der Waals surface area contributed by atoms with Crippen LogP contribution in [-0.2, 0) is 6.54 Å². The first kappa shape index (κ1) is 11.9. The van der Waals surface area contributed by atoms with Gasteiger partial charge in [0.25, 0.3) is 0 Å². The Morgan fingerprint density at radius 1 is 1.16 bits per heavy atom. The van der Waals surface area contributed by atoms with E-state index in [1.54, 1.807) is 0 Å². The van der Waals surface area contributed by atoms with E-state index < -0.39 is 0 Å². The van der Waals surface area contributed by atoms with Gasteiger partial charge < -0.3 is 9.84 Å². The van der Waals surface area contributed by atoms with Crippen molar-refractivity contribution in [3.63, 3.8) is 0 Å². The van der Waals surface area contributed by atoms with E-state index in [9.17, 15) is 0 Å². The minimum atomic E-state index is 0.590. The average molecular weight is 262 g/mol. The second-order valence-electron chi connectivity index (χ2n) is 6.21. The SMILES string of the molecule is C1CCC2C(C1)C2c1nc(CN2CCNCC2)no1. The number of nitrogens with zero attached hydrogens (tertiary/aromatic N) is 3. The van der Waals surface area contributed by atoms with Crippen molar-refractivity contribution in [3.8, 4) is 0 Å². The van der Waals surface area contributed by atoms with Gasteiger partial charge in [0.1, 0.15) is 0 Å². The topological polar surface area (TPSA) is 54.2 Å². The van der Waals surface area contributed by atoms with Crippen molar-refractivity contribution >= 4 is 0 Å². The molecule has 3 aliphatic rings. The molecule has 2 atom stereocenters. The first-order valence-electron chi connectivity index (χ1n) is 7.67. The quantitative estimate of drug-likeness (QED) is 0.892. The summed E-state index contributed by atoms with van der Waals surface area (Å²) in [4.78, 5) is 7.04. The zero-order chi connectivity index (χ0) is 12.7. The van der Waals surface area contributed by atoms with Gasteiger partial charge in [-0.3, -0.25) is 4.90 Å². The molecule has 0 aromatic carbocycles. The van der Waals surface area contributed by atoms with Crippen molar-refractivity contribution in [2.75, 3.05) is 26.2 Å². The Morgan fingerprint density at radius 3 is 2.63 bits per heavy atom. The molecule has 2 heterocycles. The van der Waals surface area contributed by atoms with Crippen LogP contribution in [-0.4, -0.2) is 41.2 Å². The number of nitrogens with one attached hydrogen (secondary N) is 1. The Hall–Kier alpha value is -0.940. The smallest absolute Gasteiger partial charge is 0.230 e. The molecule has 104 valence electrons. The first-order valence-corrected chi connectivity index (χ1v) is 7.67. The predicted octanol–water partition coefficient (Wildman–Crippen LogP) is 1.38. The molecule has 19 heavy (non-hydrogen) atoms. The molecule has 0 radical (unpaired) electrons. The molecule has 5 heteroatoms. The van der Waals surface area contributed by atoms with Gasteiger partial charge in [0.05, 0.1) is 6.54 Å². The fourth-order valence-corrected chi connectivity index (χ4v) is 3.89. The molecule has 0 spiro atoms. The summed E-state index contributed by atoms with van der Waals surface area (Å²) < 4.78 is 5.52. The van der Waals surface area contributed by atoms with Crippen LogP contribution in [0.3, 0.4) is 0 Å². The van der Waals surface area contributed by atoms with Crippen LogP contribution in [0.15, 0.2) is 4.52 Å². The molecule has 1 aromatic heterocycles. The normalized spacial score (nSPS) is 35.1. The van der Waals surface area contributed by atoms with Crippen LogP contribution < -0.4 is 5.32 Å². The van der Waals surface area contributed by atoms with E-state index in [0.29, 0.717) is 5.92 Å². The largest absolute Gasteiger partial charge is 0.339 e. The van der Waals surface area contributed by atoms with E-state index in [4.69, 9.17) is 4.52 Å². The van der Waals surface area contributed by atoms with E-state index in [0.717, 1.165) is 56.3 Å². The Bertz CT molecular complexity index is 428. The number of hydrogen-bond donors (Lipinski definition) is 1. The fraction of sp³-hybridized carbons (Fsp3) is 0.857. The summed E-state index contributed by atoms with van der Waals surface area (Å²) in [6.45, 7) is 5.14. The standard InChI is InChI=1S/C14H22N4O/c1-2-4-11-10(3-1)13(11)14-16-12(17-19-14)9-18-7-5-15-6-8-18/h10-11,13,15H,1-9H2. The lowest BCUT2D eigenvalue weighted by molar-refractivity contribution is 0.224. The van der Waals surface area contributed by atoms with Crippen LogP contribution in [0.1, 0.15) is 43.3 Å². The maximum Gasteiger partial charge on any atom is 0.230 e. The number of piperazine rings is 1. The minimum absolute atomic E-state index is 0.590. The molecule has 1 N–H and O–H groups in total. The molecule has 1 aromatic rings. The lowest BCUT2D eigenvalue weighted by Crippen LogP contribution is -2.43. The van der Waals surface area contributed by atoms with Crippen LogP contribution >= 0.6 is 0 Å². The van der Waals surface area contributed by atoms with Crippen LogP contribution in [0.25, 0.3) is 0 Å². The van der Waals surface area contributed by atoms with E-state index in [-0.39, 0.29) is 0 Å². The molecule has 2 unspecified atom stereocenters. The zero-order valence-electron chi connectivity index (χ0n) is 11.3. The van der Waals surface area contributed by atoms with Gasteiger partial charge in [0, 0.05) is 32.1 Å². The molecule has 4 rings (SSSR count). The monoisotopic (exact) mass is 262 g/mol. The molecule has 2 saturated carbocycles. The van der Waals surface area contributed by atoms with Gasteiger partial charge in [-0.15, -0.1) is 0 Å². The summed E-state index contributed by atoms with van der Waals surface area (Å²) in [5.74, 6) is 4.08. The van der Waals surface area contributed by atoms with Gasteiger partial charge in [0.15, 0.2) is 5.82 Å². The highest BCUT2D eigenvalue weighted by Crippen LogP contribution is 2.60. The third-order valence-electron chi connectivity index (χ3n) is 5.00. The number of aromatic nitrogens is 2. The molecule has 2 aliphatic carbocycles. The Labute approximate surface area is 113 Å². The van der Waals surface area contributed by atoms with Crippen molar-refractivity contribution in [2.24, 2.45) is 11.8 Å². The first-order chi connectivity index (χ1) is 9.42. The highest BCUT2D eigenvalue weighted by molar-refractivity contribution is 5.14. The molecule has 0 bridgehead atoms. The van der Waals surface area contributed by atoms with Crippen LogP contribution in [0, 0.1) is 11.8 Å². The lowest BCUT2D eigenvalue weighted by atomic mass is 10.0. The van der Waals surface area contributed by atoms with Gasteiger partial charge in [-0.1, -0.05) is 18.0 Å². The van der Waals surface area contributed by atoms with Gasteiger partial charge in [-0.05, 0) is 24.7 Å². The molecular formula is C14H22N4O. The number of hydrogen-bond acceptors (Lipinski definition) is 5. The summed E-state index contributed by atoms with van der Waals surface area (Å²) in [6, 6.07) is 0. The Balaban J connectivity index is 1.39. The second-order valence-corrected chi connectivity index (χ2v) is 6.21. The third kappa shape index (κ3) is 2.30. The van der Waals surface area contributed by atoms with E-state index in [1.807, 2.05) is 0 Å². The van der Waals surface area contributed by atoms with E-state index >= 15 is 0 Å². The van der Waals surface area contributed by atoms with Crippen LogP contribution in [0.4, 0.5) is 0 Å². The summed E-state index contributed by atoms with van der Waals surface area (Å²) in [5, 5.41) is 7.54. The Morgan fingerprint density at radius 2 is 1.89 bits per heavy atom. The molecular weight excluding hydrogens is 240 g/mol. The van der Waals surface area contributed by atoms with Gasteiger partial charge in [-0.2, -0.15) is 4.98 Å². The van der Waals surface area contributed by atoms with Crippen molar-refractivity contribution in [1.29, 1.82) is 0 Å². The predicted molar refractivity (Wildman–Crippen MR) is 70.6 cm³/mol. The molecule has 1 saturated heterocycles. The van der Waals surface area contributed by atoms with Gasteiger partial charge in [0.2, 0.25) is 5.89 Å². The lowest BCUT2D eigenvalue weighted by Gasteiger charge is -2.25. The Kier molecular flexibility index (Phi) is 3.04. The summed E-state index contributed by atoms with van der Waals surface area (Å²) >= 11 is 0. The second kappa shape index (κ2) is 4.87. The zero-order valence-corrected chi connectivity index (χ0v) is 11.3. The summed E-state index contributed by atoms with van der Waals surface area (Å²) in [5.41, 5.74) is 0. The average Bonchev–Trinajstić information content (AvgIpc) is 3.02. The number of fused-ring (bicyclic) bond motifs is 1. The highest BCUT2D eigenvalue weighted by Gasteiger charge is 2.54. The minimum Gasteiger partial charge on any atom is -0.339 e. The van der Waals surface area contributed by atoms with Crippen LogP contribution in [0.2, 0.25) is 0 Å². The molecule has 5 nitrogen and oxygen atoms in total. The highest BCUT2D eigenvalue weighted by atomic mass is 16.5. The summed E-state index contributed by atoms with van der Waals surface area (Å²) in [6.07, 6.45) is 5.51. The maximum absolute atomic E-state index is 5.52. The van der Waals surface area contributed by atoms with E-state index in [2.05, 4.69) is 20.4 Å². The summed E-state index contributed by atoms with van der Waals surface area (Å²) in [7, 11) is 0. The molecule has 3 fully saturated rings.